The first kappa shape index (κ1) is 18.2. The predicted octanol–water partition coefficient (Wildman–Crippen LogP) is 0.545. The van der Waals surface area contributed by atoms with Gasteiger partial charge < -0.3 is 15.2 Å². The second-order valence-electron chi connectivity index (χ2n) is 7.04. The highest BCUT2D eigenvalue weighted by molar-refractivity contribution is 6.02. The minimum absolute atomic E-state index is 0.145. The van der Waals surface area contributed by atoms with Crippen LogP contribution in [0.5, 0.6) is 5.88 Å². The van der Waals surface area contributed by atoms with E-state index >= 15 is 0 Å². The number of nitrogens with zero attached hydrogens (tertiary/aromatic N) is 6. The highest BCUT2D eigenvalue weighted by atomic mass is 16.5. The number of aryl methyl sites for hydroxylation is 2. The molecule has 3 heterocycles. The monoisotopic (exact) mass is 383 g/mol. The molecule has 10 heteroatoms. The van der Waals surface area contributed by atoms with Crippen LogP contribution in [0.4, 0.5) is 0 Å². The van der Waals surface area contributed by atoms with Crippen molar-refractivity contribution in [2.45, 2.75) is 38.8 Å². The predicted molar refractivity (Wildman–Crippen MR) is 99.0 cm³/mol. The number of rotatable bonds is 6. The molecule has 3 aromatic rings. The summed E-state index contributed by atoms with van der Waals surface area (Å²) in [4.78, 5) is 30.2. The molecule has 0 aromatic carbocycles. The Morgan fingerprint density at radius 2 is 2.07 bits per heavy atom. The molecule has 0 aliphatic heterocycles. The summed E-state index contributed by atoms with van der Waals surface area (Å²) in [6.07, 6.45) is 4.50. The second-order valence-corrected chi connectivity index (χ2v) is 7.04. The van der Waals surface area contributed by atoms with E-state index in [2.05, 4.69) is 30.4 Å². The third kappa shape index (κ3) is 3.50. The van der Waals surface area contributed by atoms with E-state index in [0.29, 0.717) is 29.9 Å². The fourth-order valence-electron chi connectivity index (χ4n) is 2.86. The van der Waals surface area contributed by atoms with E-state index in [-0.39, 0.29) is 18.8 Å². The molecule has 10 nitrogen and oxygen atoms in total. The average molecular weight is 383 g/mol. The van der Waals surface area contributed by atoms with Crippen LogP contribution in [0.3, 0.4) is 0 Å². The smallest absolute Gasteiger partial charge is 0.274 e. The number of hydrogen-bond acceptors (Lipinski definition) is 8. The summed E-state index contributed by atoms with van der Waals surface area (Å²) < 4.78 is 6.73. The zero-order chi connectivity index (χ0) is 19.9. The van der Waals surface area contributed by atoms with Gasteiger partial charge in [-0.15, -0.1) is 0 Å². The van der Waals surface area contributed by atoms with Crippen LogP contribution < -0.4 is 10.1 Å². The third-order valence-electron chi connectivity index (χ3n) is 4.72. The first-order chi connectivity index (χ1) is 13.4. The van der Waals surface area contributed by atoms with Gasteiger partial charge >= 0.3 is 0 Å². The van der Waals surface area contributed by atoms with E-state index in [1.807, 2.05) is 13.8 Å². The molecular weight excluding hydrogens is 362 g/mol. The van der Waals surface area contributed by atoms with Gasteiger partial charge in [0.2, 0.25) is 5.88 Å². The molecule has 1 aliphatic carbocycles. The summed E-state index contributed by atoms with van der Waals surface area (Å²) in [5, 5.41) is 17.1. The topological polar surface area (TPSA) is 128 Å². The van der Waals surface area contributed by atoms with E-state index in [1.54, 1.807) is 10.9 Å². The molecule has 0 saturated heterocycles. The van der Waals surface area contributed by atoms with Crippen molar-refractivity contribution in [3.63, 3.8) is 0 Å². The first-order valence-corrected chi connectivity index (χ1v) is 8.96. The molecule has 4 rings (SSSR count). The summed E-state index contributed by atoms with van der Waals surface area (Å²) in [5.41, 5.74) is 2.45. The summed E-state index contributed by atoms with van der Waals surface area (Å²) in [6.45, 7) is 4.22. The van der Waals surface area contributed by atoms with Crippen LogP contribution in [0, 0.1) is 13.8 Å². The number of aliphatic hydroxyl groups is 1. The molecule has 3 aromatic heterocycles. The lowest BCUT2D eigenvalue weighted by molar-refractivity contribution is 0.0892. The molecule has 0 radical (unpaired) electrons. The molecule has 1 saturated carbocycles. The Balaban J connectivity index is 1.71. The Bertz CT molecular complexity index is 1060. The lowest BCUT2D eigenvalue weighted by Gasteiger charge is -2.08. The van der Waals surface area contributed by atoms with Crippen molar-refractivity contribution in [2.24, 2.45) is 0 Å². The van der Waals surface area contributed by atoms with Crippen molar-refractivity contribution in [3.8, 4) is 5.88 Å². The number of hydrogen-bond donors (Lipinski definition) is 2. The fourth-order valence-corrected chi connectivity index (χ4v) is 2.86. The van der Waals surface area contributed by atoms with Crippen molar-refractivity contribution in [2.75, 3.05) is 13.7 Å². The van der Waals surface area contributed by atoms with Crippen molar-refractivity contribution < 1.29 is 14.6 Å². The van der Waals surface area contributed by atoms with Crippen molar-refractivity contribution in [1.29, 1.82) is 0 Å². The molecule has 146 valence electrons. The number of amides is 1. The average Bonchev–Trinajstić information content (AvgIpc) is 3.31. The maximum atomic E-state index is 12.6. The summed E-state index contributed by atoms with van der Waals surface area (Å²) in [6, 6.07) is 0. The lowest BCUT2D eigenvalue weighted by Crippen LogP contribution is -2.33. The number of carbonyl (C=O) groups excluding carboxylic acids is 1. The molecule has 0 atom stereocenters. The first-order valence-electron chi connectivity index (χ1n) is 8.96. The quantitative estimate of drug-likeness (QED) is 0.631. The Kier molecular flexibility index (Phi) is 4.42. The molecule has 1 aliphatic rings. The van der Waals surface area contributed by atoms with Crippen LogP contribution in [0.1, 0.15) is 40.4 Å². The van der Waals surface area contributed by atoms with Gasteiger partial charge in [-0.1, -0.05) is 0 Å². The molecular formula is C18H21N7O3. The number of nitrogens with one attached hydrogen (secondary N) is 1. The van der Waals surface area contributed by atoms with Gasteiger partial charge in [0, 0.05) is 12.7 Å². The highest BCUT2D eigenvalue weighted by Crippen LogP contribution is 2.34. The van der Waals surface area contributed by atoms with Gasteiger partial charge in [0.25, 0.3) is 5.91 Å². The minimum Gasteiger partial charge on any atom is -0.480 e. The Hall–Kier alpha value is -3.14. The van der Waals surface area contributed by atoms with Crippen LogP contribution in [0.15, 0.2) is 12.4 Å². The summed E-state index contributed by atoms with van der Waals surface area (Å²) >= 11 is 0. The Morgan fingerprint density at radius 1 is 1.29 bits per heavy atom. The zero-order valence-corrected chi connectivity index (χ0v) is 15.9. The number of fused-ring (bicyclic) bond motifs is 1. The van der Waals surface area contributed by atoms with Gasteiger partial charge in [-0.2, -0.15) is 10.1 Å². The molecule has 1 amide bonds. The van der Waals surface area contributed by atoms with Gasteiger partial charge in [0.1, 0.15) is 5.52 Å². The van der Waals surface area contributed by atoms with E-state index in [4.69, 9.17) is 4.74 Å². The van der Waals surface area contributed by atoms with Crippen LogP contribution in [0.2, 0.25) is 0 Å². The number of ether oxygens (including phenoxy) is 1. The van der Waals surface area contributed by atoms with Gasteiger partial charge in [0.05, 0.1) is 42.5 Å². The standard InChI is InChI=1S/C18H21N7O3/c1-10-6-19-12(11(2)22-10)8-25-16-14(20-7-13(23-16)28-3)15(24-25)17(26)21-9-18(27)4-5-18/h6-7,27H,4-5,8-9H2,1-3H3,(H,21,26). The largest absolute Gasteiger partial charge is 0.480 e. The normalized spacial score (nSPS) is 14.9. The lowest BCUT2D eigenvalue weighted by atomic mass is 10.3. The molecule has 0 bridgehead atoms. The van der Waals surface area contributed by atoms with Gasteiger partial charge in [-0.3, -0.25) is 14.8 Å². The third-order valence-corrected chi connectivity index (χ3v) is 4.72. The van der Waals surface area contributed by atoms with Gasteiger partial charge in [-0.05, 0) is 26.7 Å². The van der Waals surface area contributed by atoms with Crippen LogP contribution >= 0.6 is 0 Å². The molecule has 0 unspecified atom stereocenters. The van der Waals surface area contributed by atoms with E-state index in [0.717, 1.165) is 17.1 Å². The van der Waals surface area contributed by atoms with E-state index in [1.165, 1.54) is 13.3 Å². The number of methoxy groups -OCH3 is 1. The second kappa shape index (κ2) is 6.79. The SMILES string of the molecule is COc1cnc2c(C(=O)NCC3(O)CC3)nn(Cc3ncc(C)nc3C)c2n1. The van der Waals surface area contributed by atoms with Crippen LogP contribution in [-0.2, 0) is 6.54 Å². The van der Waals surface area contributed by atoms with Crippen molar-refractivity contribution in [1.82, 2.24) is 35.0 Å². The van der Waals surface area contributed by atoms with Gasteiger partial charge in [-0.25, -0.2) is 9.67 Å². The number of carbonyl (C=O) groups is 1. The maximum absolute atomic E-state index is 12.6. The Labute approximate surface area is 161 Å². The highest BCUT2D eigenvalue weighted by Gasteiger charge is 2.40. The summed E-state index contributed by atoms with van der Waals surface area (Å²) in [7, 11) is 1.50. The van der Waals surface area contributed by atoms with Crippen LogP contribution in [-0.4, -0.2) is 60.0 Å². The zero-order valence-electron chi connectivity index (χ0n) is 15.9. The van der Waals surface area contributed by atoms with Crippen molar-refractivity contribution in [3.05, 3.63) is 35.2 Å². The molecule has 1 fully saturated rings. The minimum atomic E-state index is -0.794. The summed E-state index contributed by atoms with van der Waals surface area (Å²) in [5.74, 6) is -0.0881. The fraction of sp³-hybridized carbons (Fsp3) is 0.444. The van der Waals surface area contributed by atoms with E-state index in [9.17, 15) is 9.90 Å². The molecule has 0 spiro atoms. The number of aromatic nitrogens is 6. The maximum Gasteiger partial charge on any atom is 0.274 e. The van der Waals surface area contributed by atoms with Crippen LogP contribution in [0.25, 0.3) is 11.2 Å². The molecule has 28 heavy (non-hydrogen) atoms. The van der Waals surface area contributed by atoms with Gasteiger partial charge in [0.15, 0.2) is 11.3 Å². The van der Waals surface area contributed by atoms with E-state index < -0.39 is 11.5 Å². The molecule has 2 N–H and O–H groups in total. The Morgan fingerprint density at radius 3 is 2.75 bits per heavy atom. The van der Waals surface area contributed by atoms with Crippen molar-refractivity contribution >= 4 is 17.1 Å².